The lowest BCUT2D eigenvalue weighted by Crippen LogP contribution is -2.30. The lowest BCUT2D eigenvalue weighted by molar-refractivity contribution is -0.123. The highest BCUT2D eigenvalue weighted by Gasteiger charge is 2.24. The van der Waals surface area contributed by atoms with Gasteiger partial charge in [0.25, 0.3) is 5.91 Å². The molecule has 0 unspecified atom stereocenters. The van der Waals surface area contributed by atoms with E-state index in [1.807, 2.05) is 30.3 Å². The summed E-state index contributed by atoms with van der Waals surface area (Å²) in [7, 11) is 1.50. The first kappa shape index (κ1) is 20.4. The molecule has 0 aliphatic carbocycles. The van der Waals surface area contributed by atoms with E-state index in [0.717, 1.165) is 5.56 Å². The monoisotopic (exact) mass is 414 g/mol. The SMILES string of the molecule is COc1ccc(NC(=O)[C@@H](C)OC(=O)c2nc(-c3ccccc3)oc2C)cc1Cl. The summed E-state index contributed by atoms with van der Waals surface area (Å²) >= 11 is 6.05. The molecule has 1 heterocycles. The van der Waals surface area contributed by atoms with Gasteiger partial charge in [-0.3, -0.25) is 4.79 Å². The van der Waals surface area contributed by atoms with Gasteiger partial charge in [0.05, 0.1) is 12.1 Å². The second-order valence-electron chi connectivity index (χ2n) is 6.18. The molecule has 0 saturated heterocycles. The van der Waals surface area contributed by atoms with Gasteiger partial charge < -0.3 is 19.2 Å². The van der Waals surface area contributed by atoms with Crippen molar-refractivity contribution in [3.8, 4) is 17.2 Å². The number of carbonyl (C=O) groups is 2. The van der Waals surface area contributed by atoms with E-state index in [9.17, 15) is 9.59 Å². The van der Waals surface area contributed by atoms with Crippen LogP contribution in [0.15, 0.2) is 52.9 Å². The van der Waals surface area contributed by atoms with Gasteiger partial charge in [-0.25, -0.2) is 9.78 Å². The van der Waals surface area contributed by atoms with Gasteiger partial charge in [-0.05, 0) is 44.2 Å². The Morgan fingerprint density at radius 2 is 1.90 bits per heavy atom. The van der Waals surface area contributed by atoms with Gasteiger partial charge in [0.15, 0.2) is 11.8 Å². The van der Waals surface area contributed by atoms with E-state index in [-0.39, 0.29) is 5.69 Å². The summed E-state index contributed by atoms with van der Waals surface area (Å²) in [5.41, 5.74) is 1.21. The molecule has 1 N–H and O–H groups in total. The summed E-state index contributed by atoms with van der Waals surface area (Å²) in [5, 5.41) is 2.99. The van der Waals surface area contributed by atoms with Crippen molar-refractivity contribution < 1.29 is 23.5 Å². The van der Waals surface area contributed by atoms with Gasteiger partial charge in [0.1, 0.15) is 11.5 Å². The molecule has 3 aromatic rings. The van der Waals surface area contributed by atoms with Crippen molar-refractivity contribution >= 4 is 29.2 Å². The number of halogens is 1. The number of oxazole rings is 1. The summed E-state index contributed by atoms with van der Waals surface area (Å²) < 4.78 is 15.9. The predicted molar refractivity (Wildman–Crippen MR) is 108 cm³/mol. The van der Waals surface area contributed by atoms with Crippen LogP contribution in [0.25, 0.3) is 11.5 Å². The summed E-state index contributed by atoms with van der Waals surface area (Å²) in [4.78, 5) is 29.0. The minimum Gasteiger partial charge on any atom is -0.495 e. The Balaban J connectivity index is 1.66. The molecule has 7 nitrogen and oxygen atoms in total. The van der Waals surface area contributed by atoms with Gasteiger partial charge >= 0.3 is 5.97 Å². The molecule has 150 valence electrons. The molecule has 1 amide bonds. The lowest BCUT2D eigenvalue weighted by atomic mass is 10.2. The predicted octanol–water partition coefficient (Wildman–Crippen LogP) is 4.50. The average Bonchev–Trinajstić information content (AvgIpc) is 3.10. The van der Waals surface area contributed by atoms with Crippen LogP contribution < -0.4 is 10.1 Å². The van der Waals surface area contributed by atoms with Crippen LogP contribution in [-0.2, 0) is 9.53 Å². The summed E-state index contributed by atoms with van der Waals surface area (Å²) in [6, 6.07) is 14.0. The molecule has 2 aromatic carbocycles. The fraction of sp³-hybridized carbons (Fsp3) is 0.190. The molecule has 1 atom stereocenters. The van der Waals surface area contributed by atoms with Crippen molar-refractivity contribution in [2.75, 3.05) is 12.4 Å². The van der Waals surface area contributed by atoms with Crippen LogP contribution >= 0.6 is 11.6 Å². The minimum atomic E-state index is -1.06. The number of hydrogen-bond acceptors (Lipinski definition) is 6. The quantitative estimate of drug-likeness (QED) is 0.597. The van der Waals surface area contributed by atoms with E-state index in [4.69, 9.17) is 25.5 Å². The van der Waals surface area contributed by atoms with Crippen LogP contribution in [0.5, 0.6) is 5.75 Å². The normalized spacial score (nSPS) is 11.6. The zero-order chi connectivity index (χ0) is 21.0. The lowest BCUT2D eigenvalue weighted by Gasteiger charge is -2.13. The van der Waals surface area contributed by atoms with Crippen molar-refractivity contribution in [3.05, 3.63) is 65.0 Å². The first-order chi connectivity index (χ1) is 13.9. The maximum atomic E-state index is 12.5. The summed E-state index contributed by atoms with van der Waals surface area (Å²) in [6.45, 7) is 3.08. The number of nitrogens with one attached hydrogen (secondary N) is 1. The van der Waals surface area contributed by atoms with Crippen LogP contribution in [0.2, 0.25) is 5.02 Å². The number of esters is 1. The first-order valence-corrected chi connectivity index (χ1v) is 9.15. The standard InChI is InChI=1S/C21H19ClN2O5/c1-12-18(24-20(28-12)14-7-5-4-6-8-14)21(26)29-13(2)19(25)23-15-9-10-17(27-3)16(22)11-15/h4-11,13H,1-3H3,(H,23,25)/t13-/m1/s1. The second-order valence-corrected chi connectivity index (χ2v) is 6.58. The Labute approximate surface area is 172 Å². The molecular weight excluding hydrogens is 396 g/mol. The summed E-state index contributed by atoms with van der Waals surface area (Å²) in [5.74, 6) is -0.156. The smallest absolute Gasteiger partial charge is 0.361 e. The van der Waals surface area contributed by atoms with E-state index in [0.29, 0.717) is 28.1 Å². The molecule has 0 spiro atoms. The van der Waals surface area contributed by atoms with Crippen LogP contribution in [0.4, 0.5) is 5.69 Å². The summed E-state index contributed by atoms with van der Waals surface area (Å²) in [6.07, 6.45) is -1.06. The van der Waals surface area contributed by atoms with Gasteiger partial charge in [-0.15, -0.1) is 0 Å². The largest absolute Gasteiger partial charge is 0.495 e. The van der Waals surface area contributed by atoms with Crippen LogP contribution in [0, 0.1) is 6.92 Å². The van der Waals surface area contributed by atoms with E-state index in [1.54, 1.807) is 25.1 Å². The molecule has 29 heavy (non-hydrogen) atoms. The number of hydrogen-bond donors (Lipinski definition) is 1. The Kier molecular flexibility index (Phi) is 6.19. The number of methoxy groups -OCH3 is 1. The maximum absolute atomic E-state index is 12.5. The van der Waals surface area contributed by atoms with E-state index >= 15 is 0 Å². The van der Waals surface area contributed by atoms with E-state index < -0.39 is 18.0 Å². The molecule has 0 saturated carbocycles. The minimum absolute atomic E-state index is 0.0241. The maximum Gasteiger partial charge on any atom is 0.361 e. The highest BCUT2D eigenvalue weighted by Crippen LogP contribution is 2.27. The van der Waals surface area contributed by atoms with Crippen molar-refractivity contribution in [1.82, 2.24) is 4.98 Å². The number of ether oxygens (including phenoxy) is 2. The molecule has 0 fully saturated rings. The van der Waals surface area contributed by atoms with Crippen LogP contribution in [-0.4, -0.2) is 30.1 Å². The number of amides is 1. The topological polar surface area (TPSA) is 90.7 Å². The van der Waals surface area contributed by atoms with Crippen molar-refractivity contribution in [2.45, 2.75) is 20.0 Å². The molecule has 0 aliphatic heterocycles. The van der Waals surface area contributed by atoms with Gasteiger partial charge in [-0.2, -0.15) is 0 Å². The number of anilines is 1. The molecule has 0 aliphatic rings. The van der Waals surface area contributed by atoms with E-state index in [2.05, 4.69) is 10.3 Å². The number of benzene rings is 2. The van der Waals surface area contributed by atoms with Gasteiger partial charge in [-0.1, -0.05) is 29.8 Å². The van der Waals surface area contributed by atoms with Crippen molar-refractivity contribution in [1.29, 1.82) is 0 Å². The Morgan fingerprint density at radius 3 is 2.55 bits per heavy atom. The fourth-order valence-electron chi connectivity index (χ4n) is 2.55. The first-order valence-electron chi connectivity index (χ1n) is 8.77. The Morgan fingerprint density at radius 1 is 1.17 bits per heavy atom. The second kappa shape index (κ2) is 8.79. The number of nitrogens with zero attached hydrogens (tertiary/aromatic N) is 1. The third kappa shape index (κ3) is 4.75. The molecule has 1 aromatic heterocycles. The molecular formula is C21H19ClN2O5. The zero-order valence-corrected chi connectivity index (χ0v) is 16.8. The molecule has 0 bridgehead atoms. The van der Waals surface area contributed by atoms with Crippen LogP contribution in [0.3, 0.4) is 0 Å². The van der Waals surface area contributed by atoms with Gasteiger partial charge in [0.2, 0.25) is 5.89 Å². The Bertz CT molecular complexity index is 1030. The Hall–Kier alpha value is -3.32. The number of carbonyl (C=O) groups excluding carboxylic acids is 2. The third-order valence-electron chi connectivity index (χ3n) is 4.08. The molecule has 3 rings (SSSR count). The average molecular weight is 415 g/mol. The molecule has 8 heteroatoms. The van der Waals surface area contributed by atoms with Gasteiger partial charge in [0, 0.05) is 11.3 Å². The number of rotatable bonds is 6. The fourth-order valence-corrected chi connectivity index (χ4v) is 2.81. The third-order valence-corrected chi connectivity index (χ3v) is 4.38. The number of aryl methyl sites for hydroxylation is 1. The molecule has 0 radical (unpaired) electrons. The van der Waals surface area contributed by atoms with Crippen LogP contribution in [0.1, 0.15) is 23.2 Å². The number of aromatic nitrogens is 1. The highest BCUT2D eigenvalue weighted by molar-refractivity contribution is 6.32. The highest BCUT2D eigenvalue weighted by atomic mass is 35.5. The zero-order valence-electron chi connectivity index (χ0n) is 16.1. The van der Waals surface area contributed by atoms with Crippen molar-refractivity contribution in [2.24, 2.45) is 0 Å². The van der Waals surface area contributed by atoms with Crippen molar-refractivity contribution in [3.63, 3.8) is 0 Å². The van der Waals surface area contributed by atoms with E-state index in [1.165, 1.54) is 14.0 Å².